The van der Waals surface area contributed by atoms with Crippen LogP contribution in [0, 0.1) is 6.92 Å². The molecule has 0 bridgehead atoms. The zero-order valence-corrected chi connectivity index (χ0v) is 11.5. The fraction of sp³-hybridized carbons (Fsp3) is 0.625. The molecule has 2 heteroatoms. The number of nitrogens with one attached hydrogen (secondary N) is 1. The highest BCUT2D eigenvalue weighted by atomic mass is 16.5. The number of hydrogen-bond acceptors (Lipinski definition) is 2. The Morgan fingerprint density at radius 1 is 1.44 bits per heavy atom. The number of hydrogen-bond donors (Lipinski definition) is 1. The van der Waals surface area contributed by atoms with Crippen molar-refractivity contribution < 1.29 is 4.74 Å². The van der Waals surface area contributed by atoms with Crippen LogP contribution >= 0.6 is 0 Å². The number of rotatable bonds is 2. The molecule has 1 aliphatic carbocycles. The summed E-state index contributed by atoms with van der Waals surface area (Å²) in [5, 5.41) is 3.60. The van der Waals surface area contributed by atoms with Crippen LogP contribution in [0.2, 0.25) is 0 Å². The summed E-state index contributed by atoms with van der Waals surface area (Å²) in [6.45, 7) is 6.32. The van der Waals surface area contributed by atoms with Crippen molar-refractivity contribution >= 4 is 0 Å². The van der Waals surface area contributed by atoms with Crippen molar-refractivity contribution in [2.75, 3.05) is 13.2 Å². The maximum atomic E-state index is 6.24. The van der Waals surface area contributed by atoms with Gasteiger partial charge in [0.05, 0.1) is 5.60 Å². The van der Waals surface area contributed by atoms with Crippen molar-refractivity contribution in [3.8, 4) is 0 Å². The van der Waals surface area contributed by atoms with Crippen LogP contribution in [0.1, 0.15) is 42.9 Å². The first-order valence-electron chi connectivity index (χ1n) is 7.21. The third-order valence-corrected chi connectivity index (χ3v) is 4.47. The van der Waals surface area contributed by atoms with Crippen LogP contribution in [-0.4, -0.2) is 19.2 Å². The van der Waals surface area contributed by atoms with Gasteiger partial charge >= 0.3 is 0 Å². The molecular weight excluding hydrogens is 222 g/mol. The van der Waals surface area contributed by atoms with Gasteiger partial charge in [0.15, 0.2) is 0 Å². The van der Waals surface area contributed by atoms with Crippen molar-refractivity contribution in [2.45, 2.75) is 51.2 Å². The van der Waals surface area contributed by atoms with Gasteiger partial charge in [0.1, 0.15) is 0 Å². The largest absolute Gasteiger partial charge is 0.370 e. The van der Waals surface area contributed by atoms with Gasteiger partial charge in [-0.15, -0.1) is 0 Å². The summed E-state index contributed by atoms with van der Waals surface area (Å²) >= 11 is 0. The molecule has 2 aliphatic rings. The van der Waals surface area contributed by atoms with Gasteiger partial charge in [-0.3, -0.25) is 0 Å². The van der Waals surface area contributed by atoms with E-state index in [9.17, 15) is 0 Å². The molecule has 2 nitrogen and oxygen atoms in total. The van der Waals surface area contributed by atoms with Crippen LogP contribution in [0.15, 0.2) is 18.2 Å². The lowest BCUT2D eigenvalue weighted by Crippen LogP contribution is -2.44. The average molecular weight is 245 g/mol. The standard InChI is InChI=1S/C16H23NO/c1-3-17-14-7-9-18-16(11-14)8-6-13-5-4-12(2)10-15(13)16/h4-5,10,14,17H,3,6-9,11H2,1-2H3. The molecule has 98 valence electrons. The summed E-state index contributed by atoms with van der Waals surface area (Å²) in [7, 11) is 0. The topological polar surface area (TPSA) is 21.3 Å². The fourth-order valence-electron chi connectivity index (χ4n) is 3.58. The molecule has 1 aromatic carbocycles. The SMILES string of the molecule is CCNC1CCOC2(CCc3ccc(C)cc32)C1. The van der Waals surface area contributed by atoms with E-state index in [1.165, 1.54) is 23.1 Å². The van der Waals surface area contributed by atoms with Crippen LogP contribution in [0.5, 0.6) is 0 Å². The van der Waals surface area contributed by atoms with Crippen molar-refractivity contribution in [3.63, 3.8) is 0 Å². The lowest BCUT2D eigenvalue weighted by Gasteiger charge is -2.39. The molecule has 1 aromatic rings. The van der Waals surface area contributed by atoms with E-state index < -0.39 is 0 Å². The van der Waals surface area contributed by atoms with Gasteiger partial charge in [-0.2, -0.15) is 0 Å². The van der Waals surface area contributed by atoms with E-state index in [1.54, 1.807) is 0 Å². The predicted octanol–water partition coefficient (Wildman–Crippen LogP) is 2.93. The van der Waals surface area contributed by atoms with Crippen molar-refractivity contribution in [1.29, 1.82) is 0 Å². The van der Waals surface area contributed by atoms with Crippen LogP contribution in [0.4, 0.5) is 0 Å². The first-order valence-corrected chi connectivity index (χ1v) is 7.21. The van der Waals surface area contributed by atoms with Crippen LogP contribution < -0.4 is 5.32 Å². The number of fused-ring (bicyclic) bond motifs is 2. The summed E-state index contributed by atoms with van der Waals surface area (Å²) < 4.78 is 6.24. The van der Waals surface area contributed by atoms with E-state index in [1.807, 2.05) is 0 Å². The summed E-state index contributed by atoms with van der Waals surface area (Å²) in [6.07, 6.45) is 4.62. The first-order chi connectivity index (χ1) is 8.73. The van der Waals surface area contributed by atoms with Gasteiger partial charge in [-0.05, 0) is 50.3 Å². The highest BCUT2D eigenvalue weighted by molar-refractivity contribution is 5.40. The molecule has 3 rings (SSSR count). The molecule has 18 heavy (non-hydrogen) atoms. The van der Waals surface area contributed by atoms with E-state index in [0.29, 0.717) is 6.04 Å². The zero-order chi connectivity index (χ0) is 12.6. The molecule has 1 aliphatic heterocycles. The first kappa shape index (κ1) is 12.2. The van der Waals surface area contributed by atoms with E-state index in [4.69, 9.17) is 4.74 Å². The third-order valence-electron chi connectivity index (χ3n) is 4.47. The molecule has 1 spiro atoms. The predicted molar refractivity (Wildman–Crippen MR) is 73.8 cm³/mol. The monoisotopic (exact) mass is 245 g/mol. The molecule has 1 saturated heterocycles. The van der Waals surface area contributed by atoms with E-state index >= 15 is 0 Å². The Bertz CT molecular complexity index is 437. The summed E-state index contributed by atoms with van der Waals surface area (Å²) in [6, 6.07) is 7.48. The van der Waals surface area contributed by atoms with E-state index in [0.717, 1.165) is 32.4 Å². The molecule has 1 heterocycles. The lowest BCUT2D eigenvalue weighted by molar-refractivity contribution is -0.0927. The highest BCUT2D eigenvalue weighted by Gasteiger charge is 2.43. The Kier molecular flexibility index (Phi) is 3.16. The normalized spacial score (nSPS) is 30.7. The van der Waals surface area contributed by atoms with Crippen LogP contribution in [0.25, 0.3) is 0 Å². The molecule has 0 amide bonds. The van der Waals surface area contributed by atoms with Crippen molar-refractivity contribution in [2.24, 2.45) is 0 Å². The molecule has 0 saturated carbocycles. The maximum absolute atomic E-state index is 6.24. The number of aryl methyl sites for hydroxylation is 2. The van der Waals surface area contributed by atoms with Gasteiger partial charge in [-0.1, -0.05) is 30.7 Å². The molecule has 2 atom stereocenters. The number of benzene rings is 1. The second-order valence-corrected chi connectivity index (χ2v) is 5.75. The van der Waals surface area contributed by atoms with Gasteiger partial charge in [0, 0.05) is 12.6 Å². The zero-order valence-electron chi connectivity index (χ0n) is 11.5. The molecule has 0 aromatic heterocycles. The smallest absolute Gasteiger partial charge is 0.0952 e. The second-order valence-electron chi connectivity index (χ2n) is 5.75. The minimum atomic E-state index is 0.00639. The average Bonchev–Trinajstić information content (AvgIpc) is 2.69. The van der Waals surface area contributed by atoms with Gasteiger partial charge in [0.25, 0.3) is 0 Å². The van der Waals surface area contributed by atoms with Crippen molar-refractivity contribution in [1.82, 2.24) is 5.32 Å². The molecule has 2 unspecified atom stereocenters. The minimum Gasteiger partial charge on any atom is -0.370 e. The van der Waals surface area contributed by atoms with Gasteiger partial charge in [-0.25, -0.2) is 0 Å². The van der Waals surface area contributed by atoms with Crippen LogP contribution in [0.3, 0.4) is 0 Å². The van der Waals surface area contributed by atoms with E-state index in [2.05, 4.69) is 37.4 Å². The Morgan fingerprint density at radius 2 is 2.33 bits per heavy atom. The third kappa shape index (κ3) is 1.98. The van der Waals surface area contributed by atoms with Gasteiger partial charge in [0.2, 0.25) is 0 Å². The van der Waals surface area contributed by atoms with Crippen LogP contribution in [-0.2, 0) is 16.8 Å². The quantitative estimate of drug-likeness (QED) is 0.865. The summed E-state index contributed by atoms with van der Waals surface area (Å²) in [5.41, 5.74) is 4.32. The van der Waals surface area contributed by atoms with Gasteiger partial charge < -0.3 is 10.1 Å². The lowest BCUT2D eigenvalue weighted by atomic mass is 9.85. The van der Waals surface area contributed by atoms with Crippen molar-refractivity contribution in [3.05, 3.63) is 34.9 Å². The van der Waals surface area contributed by atoms with E-state index in [-0.39, 0.29) is 5.60 Å². The second kappa shape index (κ2) is 4.67. The Hall–Kier alpha value is -0.860. The minimum absolute atomic E-state index is 0.00639. The molecule has 1 N–H and O–H groups in total. The molecule has 1 fully saturated rings. The Balaban J connectivity index is 1.91. The summed E-state index contributed by atoms with van der Waals surface area (Å²) in [5.74, 6) is 0. The molecule has 0 radical (unpaired) electrons. The Morgan fingerprint density at radius 3 is 3.17 bits per heavy atom. The summed E-state index contributed by atoms with van der Waals surface area (Å²) in [4.78, 5) is 0. The maximum Gasteiger partial charge on any atom is 0.0952 e. The molecular formula is C16H23NO. The fourth-order valence-corrected chi connectivity index (χ4v) is 3.58. The Labute approximate surface area is 110 Å². The highest BCUT2D eigenvalue weighted by Crippen LogP contribution is 2.46. The number of ether oxygens (including phenoxy) is 1.